The van der Waals surface area contributed by atoms with Gasteiger partial charge < -0.3 is 15.2 Å². The first-order valence-corrected chi connectivity index (χ1v) is 9.68. The van der Waals surface area contributed by atoms with E-state index in [0.717, 1.165) is 0 Å². The molecule has 1 aliphatic rings. The highest BCUT2D eigenvalue weighted by Crippen LogP contribution is 2.30. The molecule has 0 atom stereocenters. The minimum absolute atomic E-state index is 0.127. The van der Waals surface area contributed by atoms with Gasteiger partial charge in [-0.2, -0.15) is 4.31 Å². The van der Waals surface area contributed by atoms with Gasteiger partial charge in [-0.3, -0.25) is 0 Å². The monoisotopic (exact) mass is 390 g/mol. The summed E-state index contributed by atoms with van der Waals surface area (Å²) in [5.74, 6) is 0.367. The number of nitrogens with two attached hydrogens (primary N) is 1. The van der Waals surface area contributed by atoms with Crippen molar-refractivity contribution in [1.29, 1.82) is 0 Å². The summed E-state index contributed by atoms with van der Waals surface area (Å²) in [5.41, 5.74) is 5.50. The number of morpholine rings is 1. The van der Waals surface area contributed by atoms with Crippen LogP contribution in [0.25, 0.3) is 0 Å². The van der Waals surface area contributed by atoms with Crippen molar-refractivity contribution in [2.45, 2.75) is 11.5 Å². The van der Waals surface area contributed by atoms with Crippen LogP contribution in [0.5, 0.6) is 5.75 Å². The number of nitrogens with zero attached hydrogens (tertiary/aromatic N) is 3. The van der Waals surface area contributed by atoms with E-state index in [0.29, 0.717) is 42.2 Å². The van der Waals surface area contributed by atoms with Crippen LogP contribution in [0.2, 0.25) is 5.02 Å². The fraction of sp³-hybridized carbons (Fsp3) is 0.385. The third-order valence-corrected chi connectivity index (χ3v) is 6.26. The Balaban J connectivity index is 1.74. The van der Waals surface area contributed by atoms with E-state index in [-0.39, 0.29) is 16.5 Å². The molecule has 2 heterocycles. The molecule has 0 unspecified atom stereocenters. The molecule has 0 bridgehead atoms. The molecule has 24 heavy (non-hydrogen) atoms. The molecular weight excluding hydrogens is 376 g/mol. The second-order valence-corrected chi connectivity index (χ2v) is 8.37. The van der Waals surface area contributed by atoms with E-state index in [1.807, 2.05) is 0 Å². The fourth-order valence-electron chi connectivity index (χ4n) is 2.16. The van der Waals surface area contributed by atoms with Gasteiger partial charge in [0.05, 0.1) is 23.1 Å². The van der Waals surface area contributed by atoms with Crippen LogP contribution in [0.4, 0.5) is 5.13 Å². The third-order valence-electron chi connectivity index (χ3n) is 3.34. The van der Waals surface area contributed by atoms with Crippen LogP contribution < -0.4 is 10.5 Å². The van der Waals surface area contributed by atoms with Crippen LogP contribution >= 0.6 is 22.9 Å². The molecule has 0 aliphatic carbocycles. The molecule has 11 heteroatoms. The average molecular weight is 391 g/mol. The maximum absolute atomic E-state index is 12.6. The normalized spacial score (nSPS) is 16.2. The number of aromatic nitrogens is 2. The highest BCUT2D eigenvalue weighted by atomic mass is 35.5. The van der Waals surface area contributed by atoms with E-state index in [4.69, 9.17) is 26.8 Å². The van der Waals surface area contributed by atoms with Gasteiger partial charge in [-0.05, 0) is 18.2 Å². The van der Waals surface area contributed by atoms with E-state index in [9.17, 15) is 8.42 Å². The van der Waals surface area contributed by atoms with Gasteiger partial charge in [0, 0.05) is 13.1 Å². The van der Waals surface area contributed by atoms with E-state index >= 15 is 0 Å². The van der Waals surface area contributed by atoms with Gasteiger partial charge in [0.1, 0.15) is 12.4 Å². The topological polar surface area (TPSA) is 108 Å². The van der Waals surface area contributed by atoms with Gasteiger partial charge in [-0.15, -0.1) is 10.2 Å². The first-order chi connectivity index (χ1) is 11.5. The molecule has 0 radical (unpaired) electrons. The maximum atomic E-state index is 12.6. The number of hydrogen-bond donors (Lipinski definition) is 1. The van der Waals surface area contributed by atoms with Gasteiger partial charge in [0.2, 0.25) is 15.2 Å². The highest BCUT2D eigenvalue weighted by molar-refractivity contribution is 7.89. The molecule has 0 spiro atoms. The molecule has 1 fully saturated rings. The predicted octanol–water partition coefficient (Wildman–Crippen LogP) is 1.37. The van der Waals surface area contributed by atoms with Crippen molar-refractivity contribution in [3.05, 3.63) is 28.2 Å². The Labute approximate surface area is 148 Å². The molecule has 8 nitrogen and oxygen atoms in total. The number of nitrogen functional groups attached to an aromatic ring is 1. The fourth-order valence-corrected chi connectivity index (χ4v) is 4.42. The van der Waals surface area contributed by atoms with E-state index in [1.54, 1.807) is 0 Å². The largest absolute Gasteiger partial charge is 0.485 e. The SMILES string of the molecule is Nc1nnc(COc2ccc(S(=O)(=O)N3CCOCC3)cc2Cl)s1. The predicted molar refractivity (Wildman–Crippen MR) is 89.7 cm³/mol. The Morgan fingerprint density at radius 1 is 1.33 bits per heavy atom. The maximum Gasteiger partial charge on any atom is 0.243 e. The Morgan fingerprint density at radius 2 is 2.08 bits per heavy atom. The molecule has 0 saturated carbocycles. The Kier molecular flexibility index (Phi) is 5.21. The number of hydrogen-bond acceptors (Lipinski definition) is 8. The van der Waals surface area contributed by atoms with Crippen molar-refractivity contribution in [2.24, 2.45) is 0 Å². The molecular formula is C13H15ClN4O4S2. The number of ether oxygens (including phenoxy) is 2. The molecule has 2 N–H and O–H groups in total. The van der Waals surface area contributed by atoms with E-state index in [2.05, 4.69) is 10.2 Å². The quantitative estimate of drug-likeness (QED) is 0.821. The number of rotatable bonds is 5. The van der Waals surface area contributed by atoms with Crippen LogP contribution in [0.3, 0.4) is 0 Å². The number of benzene rings is 1. The third kappa shape index (κ3) is 3.78. The molecule has 1 aliphatic heterocycles. The van der Waals surface area contributed by atoms with Gasteiger partial charge in [-0.25, -0.2) is 8.42 Å². The van der Waals surface area contributed by atoms with Crippen LogP contribution in [0.15, 0.2) is 23.1 Å². The second-order valence-electron chi connectivity index (χ2n) is 4.93. The van der Waals surface area contributed by atoms with Crippen molar-refractivity contribution < 1.29 is 17.9 Å². The zero-order valence-electron chi connectivity index (χ0n) is 12.5. The number of anilines is 1. The summed E-state index contributed by atoms with van der Waals surface area (Å²) in [6, 6.07) is 4.39. The lowest BCUT2D eigenvalue weighted by atomic mass is 10.3. The summed E-state index contributed by atoms with van der Waals surface area (Å²) in [6.45, 7) is 1.59. The summed E-state index contributed by atoms with van der Waals surface area (Å²) in [4.78, 5) is 0.127. The summed E-state index contributed by atoms with van der Waals surface area (Å²) < 4.78 is 37.2. The molecule has 1 saturated heterocycles. The standard InChI is InChI=1S/C13H15ClN4O4S2/c14-10-7-9(24(19,20)18-3-5-21-6-4-18)1-2-11(10)22-8-12-16-17-13(15)23-12/h1-2,7H,3-6,8H2,(H2,15,17). The minimum atomic E-state index is -3.59. The summed E-state index contributed by atoms with van der Waals surface area (Å²) in [5, 5.41) is 8.70. The van der Waals surface area contributed by atoms with Gasteiger partial charge in [0.15, 0.2) is 5.01 Å². The van der Waals surface area contributed by atoms with Crippen LogP contribution in [0.1, 0.15) is 5.01 Å². The van der Waals surface area contributed by atoms with Crippen LogP contribution in [0, 0.1) is 0 Å². The molecule has 3 rings (SSSR count). The summed E-state index contributed by atoms with van der Waals surface area (Å²) in [7, 11) is -3.59. The smallest absolute Gasteiger partial charge is 0.243 e. The molecule has 1 aromatic heterocycles. The average Bonchev–Trinajstić information content (AvgIpc) is 3.00. The molecule has 1 aromatic carbocycles. The van der Waals surface area contributed by atoms with Crippen molar-refractivity contribution >= 4 is 38.1 Å². The lowest BCUT2D eigenvalue weighted by Crippen LogP contribution is -2.40. The first-order valence-electron chi connectivity index (χ1n) is 7.05. The first kappa shape index (κ1) is 17.4. The van der Waals surface area contributed by atoms with E-state index in [1.165, 1.54) is 33.8 Å². The minimum Gasteiger partial charge on any atom is -0.485 e. The molecule has 0 amide bonds. The van der Waals surface area contributed by atoms with E-state index < -0.39 is 10.0 Å². The lowest BCUT2D eigenvalue weighted by molar-refractivity contribution is 0.0730. The Hall–Kier alpha value is -1.46. The van der Waals surface area contributed by atoms with Crippen LogP contribution in [-0.4, -0.2) is 49.2 Å². The highest BCUT2D eigenvalue weighted by Gasteiger charge is 2.27. The molecule has 2 aromatic rings. The summed E-state index contributed by atoms with van der Waals surface area (Å²) >= 11 is 7.37. The lowest BCUT2D eigenvalue weighted by Gasteiger charge is -2.26. The summed E-state index contributed by atoms with van der Waals surface area (Å²) in [6.07, 6.45) is 0. The number of sulfonamides is 1. The van der Waals surface area contributed by atoms with Crippen molar-refractivity contribution in [2.75, 3.05) is 32.0 Å². The molecule has 130 valence electrons. The van der Waals surface area contributed by atoms with Gasteiger partial charge in [-0.1, -0.05) is 22.9 Å². The Bertz CT molecular complexity index is 821. The van der Waals surface area contributed by atoms with Crippen molar-refractivity contribution in [3.63, 3.8) is 0 Å². The van der Waals surface area contributed by atoms with Crippen molar-refractivity contribution in [1.82, 2.24) is 14.5 Å². The Morgan fingerprint density at radius 3 is 2.71 bits per heavy atom. The zero-order chi connectivity index (χ0) is 17.2. The van der Waals surface area contributed by atoms with Crippen molar-refractivity contribution in [3.8, 4) is 5.75 Å². The van der Waals surface area contributed by atoms with Gasteiger partial charge in [0.25, 0.3) is 0 Å². The second kappa shape index (κ2) is 7.19. The number of halogens is 1. The van der Waals surface area contributed by atoms with Crippen LogP contribution in [-0.2, 0) is 21.4 Å². The zero-order valence-corrected chi connectivity index (χ0v) is 14.9. The van der Waals surface area contributed by atoms with Gasteiger partial charge >= 0.3 is 0 Å².